The van der Waals surface area contributed by atoms with Crippen LogP contribution in [-0.2, 0) is 4.79 Å². The first-order valence-electron chi connectivity index (χ1n) is 15.6. The lowest BCUT2D eigenvalue weighted by Crippen LogP contribution is -2.56. The summed E-state index contributed by atoms with van der Waals surface area (Å²) in [6, 6.07) is 15.7. The maximum atomic E-state index is 13.9. The maximum absolute atomic E-state index is 13.9. The molecule has 11 heteroatoms. The summed E-state index contributed by atoms with van der Waals surface area (Å²) in [6.45, 7) is 7.80. The quantitative estimate of drug-likeness (QED) is 0.124. The van der Waals surface area contributed by atoms with Gasteiger partial charge in [-0.05, 0) is 43.7 Å². The second-order valence-electron chi connectivity index (χ2n) is 11.6. The smallest absolute Gasteiger partial charge is 0.423 e. The summed E-state index contributed by atoms with van der Waals surface area (Å²) >= 11 is 0. The summed E-state index contributed by atoms with van der Waals surface area (Å²) < 4.78 is 12.0. The molecule has 2 aliphatic rings. The number of pyridine rings is 1. The van der Waals surface area contributed by atoms with E-state index in [-0.39, 0.29) is 37.4 Å². The number of likely N-dealkylation sites (tertiary alicyclic amines) is 1. The van der Waals surface area contributed by atoms with Crippen LogP contribution >= 0.6 is 0 Å². The Kier molecular flexibility index (Phi) is 10.4. The zero-order valence-electron chi connectivity index (χ0n) is 26.1. The van der Waals surface area contributed by atoms with Crippen LogP contribution in [0, 0.1) is 5.92 Å². The molecule has 4 atom stereocenters. The van der Waals surface area contributed by atoms with Gasteiger partial charge in [-0.15, -0.1) is 13.2 Å². The number of carbonyl (C=O) groups is 3. The number of nitrogens with zero attached hydrogens (tertiary/aromatic N) is 3. The van der Waals surface area contributed by atoms with E-state index in [0.717, 1.165) is 41.6 Å². The first kappa shape index (κ1) is 32.3. The number of hydrogen-bond acceptors (Lipinski definition) is 6. The topological polar surface area (TPSA) is 133 Å². The number of amides is 4. The van der Waals surface area contributed by atoms with Crippen molar-refractivity contribution in [1.82, 2.24) is 25.6 Å². The van der Waals surface area contributed by atoms with Crippen LogP contribution in [0.4, 0.5) is 9.59 Å². The van der Waals surface area contributed by atoms with Crippen LogP contribution in [0.2, 0.25) is 0 Å². The number of hydrogen-bond donors (Lipinski definition) is 3. The van der Waals surface area contributed by atoms with Crippen molar-refractivity contribution in [2.24, 2.45) is 5.92 Å². The van der Waals surface area contributed by atoms with Crippen molar-refractivity contribution in [3.05, 3.63) is 79.9 Å². The molecule has 1 unspecified atom stereocenters. The fourth-order valence-electron chi connectivity index (χ4n) is 5.81. The van der Waals surface area contributed by atoms with Gasteiger partial charge in [-0.2, -0.15) is 0 Å². The lowest BCUT2D eigenvalue weighted by molar-refractivity contribution is -0.125. The first-order valence-corrected chi connectivity index (χ1v) is 15.6. The third-order valence-corrected chi connectivity index (χ3v) is 8.37. The van der Waals surface area contributed by atoms with Crippen molar-refractivity contribution >= 4 is 28.9 Å². The molecule has 0 spiro atoms. The van der Waals surface area contributed by atoms with Crippen molar-refractivity contribution in [2.75, 3.05) is 20.2 Å². The third-order valence-electron chi connectivity index (χ3n) is 8.37. The van der Waals surface area contributed by atoms with Crippen LogP contribution in [0.25, 0.3) is 22.2 Å². The fourth-order valence-corrected chi connectivity index (χ4v) is 5.81. The van der Waals surface area contributed by atoms with E-state index in [9.17, 15) is 19.5 Å². The largest absolute Gasteiger partial charge is 0.497 e. The number of carboxylic acid groups (broad SMARTS) is 1. The second kappa shape index (κ2) is 14.8. The monoisotopic (exact) mass is 627 g/mol. The summed E-state index contributed by atoms with van der Waals surface area (Å²) in [7, 11) is 1.59. The zero-order chi connectivity index (χ0) is 32.6. The number of allylic oxidation sites excluding steroid dienone is 1. The molecule has 46 heavy (non-hydrogen) atoms. The van der Waals surface area contributed by atoms with Gasteiger partial charge in [-0.3, -0.25) is 4.79 Å². The minimum absolute atomic E-state index is 0.0346. The number of ether oxygens (including phenoxy) is 2. The van der Waals surface area contributed by atoms with Crippen LogP contribution in [0.3, 0.4) is 0 Å². The number of fused-ring (bicyclic) bond motifs is 1. The predicted molar refractivity (Wildman–Crippen MR) is 175 cm³/mol. The van der Waals surface area contributed by atoms with Crippen LogP contribution in [0.5, 0.6) is 11.5 Å². The molecule has 1 aliphatic heterocycles. The average molecular weight is 628 g/mol. The number of nitrogens with one attached hydrogen (secondary N) is 2. The van der Waals surface area contributed by atoms with Crippen molar-refractivity contribution in [1.29, 1.82) is 0 Å². The second-order valence-corrected chi connectivity index (χ2v) is 11.6. The molecule has 2 aromatic carbocycles. The molecule has 3 N–H and O–H groups in total. The van der Waals surface area contributed by atoms with Gasteiger partial charge in [0.1, 0.15) is 23.6 Å². The van der Waals surface area contributed by atoms with Gasteiger partial charge in [0.25, 0.3) is 0 Å². The van der Waals surface area contributed by atoms with E-state index >= 15 is 0 Å². The highest BCUT2D eigenvalue weighted by Gasteiger charge is 2.45. The maximum Gasteiger partial charge on any atom is 0.423 e. The van der Waals surface area contributed by atoms with Crippen molar-refractivity contribution in [3.8, 4) is 22.8 Å². The average Bonchev–Trinajstić information content (AvgIpc) is 3.68. The molecule has 0 bridgehead atoms. The molecule has 4 amide bonds. The normalized spacial score (nSPS) is 20.1. The number of unbranched alkanes of at least 4 members (excludes halogenated alkanes) is 3. The summed E-state index contributed by atoms with van der Waals surface area (Å²) in [5, 5.41) is 14.4. The van der Waals surface area contributed by atoms with E-state index in [4.69, 9.17) is 14.5 Å². The van der Waals surface area contributed by atoms with E-state index in [0.29, 0.717) is 29.1 Å². The van der Waals surface area contributed by atoms with E-state index in [1.165, 1.54) is 4.90 Å². The van der Waals surface area contributed by atoms with E-state index in [2.05, 4.69) is 23.9 Å². The Bertz CT molecular complexity index is 1580. The third kappa shape index (κ3) is 7.77. The van der Waals surface area contributed by atoms with Crippen molar-refractivity contribution < 1.29 is 29.0 Å². The number of carbonyl (C=O) groups excluding carboxylic acids is 2. The minimum atomic E-state index is -1.36. The van der Waals surface area contributed by atoms with Crippen molar-refractivity contribution in [3.63, 3.8) is 0 Å². The lowest BCUT2D eigenvalue weighted by Gasteiger charge is -2.30. The highest BCUT2D eigenvalue weighted by Crippen LogP contribution is 2.35. The molecular weight excluding hydrogens is 586 g/mol. The Morgan fingerprint density at radius 2 is 1.89 bits per heavy atom. The molecule has 1 aliphatic carbocycles. The van der Waals surface area contributed by atoms with Gasteiger partial charge in [0, 0.05) is 42.1 Å². The van der Waals surface area contributed by atoms with E-state index in [1.54, 1.807) is 7.11 Å². The molecule has 1 saturated heterocycles. The lowest BCUT2D eigenvalue weighted by atomic mass is 10.1. The van der Waals surface area contributed by atoms with Gasteiger partial charge < -0.3 is 24.8 Å². The number of aromatic nitrogens is 1. The zero-order valence-corrected chi connectivity index (χ0v) is 26.1. The molecule has 2 fully saturated rings. The molecule has 1 saturated carbocycles. The number of urea groups is 1. The molecule has 3 aromatic rings. The standard InChI is InChI=1S/C35H41N5O6/c1-4-6-7-8-12-17-40(38-34(42)43)35(44)39-22-26(20-31(39)33(41)37-28-18-23(28)5-2)46-32-21-29(24-13-10-9-11-14-24)36-30-19-25(45-3)15-16-27(30)32/h4-5,9-11,13-16,19,21,23,26,28,31,38H,1-2,6-8,12,17-18,20,22H2,3H3,(H,37,41)(H,42,43)/t23?,26-,28-,31+/m1/s1. The fraction of sp³-hybridized carbons (Fsp3) is 0.371. The molecule has 0 radical (unpaired) electrons. The molecular formula is C35H41N5O6. The van der Waals surface area contributed by atoms with Gasteiger partial charge in [-0.25, -0.2) is 25.0 Å². The van der Waals surface area contributed by atoms with Crippen molar-refractivity contribution in [2.45, 2.75) is 56.7 Å². The number of methoxy groups -OCH3 is 1. The van der Waals surface area contributed by atoms with Crippen LogP contribution in [-0.4, -0.2) is 76.4 Å². The molecule has 242 valence electrons. The van der Waals surface area contributed by atoms with Crippen LogP contribution in [0.15, 0.2) is 79.9 Å². The number of hydrazine groups is 1. The summed E-state index contributed by atoms with van der Waals surface area (Å²) in [4.78, 5) is 45.4. The summed E-state index contributed by atoms with van der Waals surface area (Å²) in [5.74, 6) is 1.10. The van der Waals surface area contributed by atoms with Crippen LogP contribution in [0.1, 0.15) is 38.5 Å². The summed E-state index contributed by atoms with van der Waals surface area (Å²) in [5.41, 5.74) is 4.52. The molecule has 11 nitrogen and oxygen atoms in total. The Morgan fingerprint density at radius 1 is 1.09 bits per heavy atom. The molecule has 1 aromatic heterocycles. The van der Waals surface area contributed by atoms with E-state index < -0.39 is 24.3 Å². The number of benzene rings is 2. The highest BCUT2D eigenvalue weighted by atomic mass is 16.5. The summed E-state index contributed by atoms with van der Waals surface area (Å²) in [6.07, 6.45) is 5.85. The van der Waals surface area contributed by atoms with Gasteiger partial charge in [0.2, 0.25) is 5.91 Å². The van der Waals surface area contributed by atoms with Gasteiger partial charge >= 0.3 is 12.1 Å². The van der Waals surface area contributed by atoms with Crippen LogP contribution < -0.4 is 20.2 Å². The Morgan fingerprint density at radius 3 is 2.59 bits per heavy atom. The molecule has 5 rings (SSSR count). The minimum Gasteiger partial charge on any atom is -0.497 e. The van der Waals surface area contributed by atoms with E-state index in [1.807, 2.05) is 66.7 Å². The predicted octanol–water partition coefficient (Wildman–Crippen LogP) is 5.77. The Hall–Kier alpha value is -5.06. The van der Waals surface area contributed by atoms with Gasteiger partial charge in [-0.1, -0.05) is 48.9 Å². The van der Waals surface area contributed by atoms with Gasteiger partial charge in [0.15, 0.2) is 0 Å². The number of rotatable bonds is 13. The molecule has 2 heterocycles. The SMILES string of the molecule is C=CCCCCCN(NC(=O)O)C(=O)N1C[C@H](Oc2cc(-c3ccccc3)nc3cc(OC)ccc23)C[C@H]1C(=O)N[C@@H]1CC1C=C. The highest BCUT2D eigenvalue weighted by molar-refractivity contribution is 5.90. The Labute approximate surface area is 268 Å². The van der Waals surface area contributed by atoms with Gasteiger partial charge in [0.05, 0.1) is 24.9 Å². The Balaban J connectivity index is 1.42. The first-order chi connectivity index (χ1) is 22.3.